The maximum Gasteiger partial charge on any atom is 0.251 e. The van der Waals surface area contributed by atoms with Gasteiger partial charge in [0.05, 0.1) is 18.2 Å². The molecule has 1 aromatic carbocycles. The van der Waals surface area contributed by atoms with Gasteiger partial charge in [0.25, 0.3) is 5.91 Å². The quantitative estimate of drug-likeness (QED) is 0.844. The van der Waals surface area contributed by atoms with Crippen molar-refractivity contribution in [2.75, 3.05) is 20.3 Å². The Labute approximate surface area is 134 Å². The molecular weight excluding hydrogens is 334 g/mol. The van der Waals surface area contributed by atoms with Crippen molar-refractivity contribution in [1.29, 1.82) is 0 Å². The summed E-state index contributed by atoms with van der Waals surface area (Å²) >= 11 is 3.44. The second-order valence-corrected chi connectivity index (χ2v) is 6.14. The normalized spacial score (nSPS) is 15.0. The number of hydrogen-bond donors (Lipinski definition) is 1. The molecule has 0 bridgehead atoms. The van der Waals surface area contributed by atoms with E-state index in [1.54, 1.807) is 19.2 Å². The lowest BCUT2D eigenvalue weighted by atomic mass is 10.1. The third-order valence-electron chi connectivity index (χ3n) is 3.81. The molecule has 0 aliphatic heterocycles. The van der Waals surface area contributed by atoms with Crippen LogP contribution in [0.4, 0.5) is 0 Å². The molecule has 116 valence electrons. The first-order valence-corrected chi connectivity index (χ1v) is 8.23. The minimum absolute atomic E-state index is 0.0658. The van der Waals surface area contributed by atoms with E-state index in [0.717, 1.165) is 11.0 Å². The summed E-state index contributed by atoms with van der Waals surface area (Å²) in [6.45, 7) is 3.21. The molecule has 1 fully saturated rings. The SMILES string of the molecule is CCOc1c(Br)cc(C(=O)NCC2CCCC2)cc1OC. The smallest absolute Gasteiger partial charge is 0.251 e. The van der Waals surface area contributed by atoms with Crippen LogP contribution in [0, 0.1) is 5.92 Å². The summed E-state index contributed by atoms with van der Waals surface area (Å²) in [4.78, 5) is 12.3. The van der Waals surface area contributed by atoms with Gasteiger partial charge in [-0.2, -0.15) is 0 Å². The van der Waals surface area contributed by atoms with E-state index in [0.29, 0.717) is 29.6 Å². The Morgan fingerprint density at radius 1 is 1.38 bits per heavy atom. The van der Waals surface area contributed by atoms with Crippen molar-refractivity contribution in [3.63, 3.8) is 0 Å². The maximum absolute atomic E-state index is 12.3. The minimum atomic E-state index is -0.0658. The molecule has 1 amide bonds. The van der Waals surface area contributed by atoms with Gasteiger partial charge in [0.1, 0.15) is 0 Å². The molecule has 5 heteroatoms. The Morgan fingerprint density at radius 3 is 2.71 bits per heavy atom. The Kier molecular flexibility index (Phi) is 5.91. The van der Waals surface area contributed by atoms with Crippen LogP contribution in [0.1, 0.15) is 43.0 Å². The summed E-state index contributed by atoms with van der Waals surface area (Å²) in [7, 11) is 1.57. The molecule has 1 saturated carbocycles. The van der Waals surface area contributed by atoms with Crippen molar-refractivity contribution < 1.29 is 14.3 Å². The fourth-order valence-electron chi connectivity index (χ4n) is 2.69. The summed E-state index contributed by atoms with van der Waals surface area (Å²) in [5, 5.41) is 3.01. The van der Waals surface area contributed by atoms with E-state index in [1.165, 1.54) is 25.7 Å². The van der Waals surface area contributed by atoms with Gasteiger partial charge in [-0.25, -0.2) is 0 Å². The topological polar surface area (TPSA) is 47.6 Å². The van der Waals surface area contributed by atoms with Crippen LogP contribution in [0.5, 0.6) is 11.5 Å². The molecule has 4 nitrogen and oxygen atoms in total. The molecule has 2 rings (SSSR count). The first-order valence-electron chi connectivity index (χ1n) is 7.44. The fourth-order valence-corrected chi connectivity index (χ4v) is 3.25. The molecule has 0 saturated heterocycles. The predicted octanol–water partition coefficient (Wildman–Crippen LogP) is 3.78. The maximum atomic E-state index is 12.3. The zero-order valence-corrected chi connectivity index (χ0v) is 14.2. The highest BCUT2D eigenvalue weighted by Gasteiger charge is 2.18. The number of ether oxygens (including phenoxy) is 2. The molecule has 1 N–H and O–H groups in total. The number of carbonyl (C=O) groups excluding carboxylic acids is 1. The van der Waals surface area contributed by atoms with Gasteiger partial charge in [-0.1, -0.05) is 12.8 Å². The van der Waals surface area contributed by atoms with Gasteiger partial charge < -0.3 is 14.8 Å². The van der Waals surface area contributed by atoms with Crippen molar-refractivity contribution in [3.05, 3.63) is 22.2 Å². The Balaban J connectivity index is 2.07. The van der Waals surface area contributed by atoms with E-state index >= 15 is 0 Å². The largest absolute Gasteiger partial charge is 0.493 e. The molecule has 1 aromatic rings. The number of methoxy groups -OCH3 is 1. The van der Waals surface area contributed by atoms with E-state index in [4.69, 9.17) is 9.47 Å². The average Bonchev–Trinajstić information content (AvgIpc) is 3.00. The highest BCUT2D eigenvalue weighted by atomic mass is 79.9. The molecule has 0 radical (unpaired) electrons. The van der Waals surface area contributed by atoms with Crippen LogP contribution in [0.15, 0.2) is 16.6 Å². The summed E-state index contributed by atoms with van der Waals surface area (Å²) < 4.78 is 11.6. The van der Waals surface area contributed by atoms with E-state index in [-0.39, 0.29) is 5.91 Å². The van der Waals surface area contributed by atoms with Gasteiger partial charge in [-0.05, 0) is 53.7 Å². The Hall–Kier alpha value is -1.23. The summed E-state index contributed by atoms with van der Waals surface area (Å²) in [6, 6.07) is 3.50. The van der Waals surface area contributed by atoms with Crippen LogP contribution >= 0.6 is 15.9 Å². The summed E-state index contributed by atoms with van der Waals surface area (Å²) in [5.74, 6) is 1.76. The van der Waals surface area contributed by atoms with Gasteiger partial charge in [0.2, 0.25) is 0 Å². The van der Waals surface area contributed by atoms with Crippen molar-refractivity contribution in [1.82, 2.24) is 5.32 Å². The van der Waals surface area contributed by atoms with Crippen LogP contribution in [-0.2, 0) is 0 Å². The number of halogens is 1. The van der Waals surface area contributed by atoms with Gasteiger partial charge in [0, 0.05) is 12.1 Å². The summed E-state index contributed by atoms with van der Waals surface area (Å²) in [5.41, 5.74) is 0.583. The number of amides is 1. The lowest BCUT2D eigenvalue weighted by Crippen LogP contribution is -2.28. The Morgan fingerprint density at radius 2 is 2.10 bits per heavy atom. The van der Waals surface area contributed by atoms with Crippen LogP contribution in [-0.4, -0.2) is 26.2 Å². The monoisotopic (exact) mass is 355 g/mol. The lowest BCUT2D eigenvalue weighted by molar-refractivity contribution is 0.0947. The van der Waals surface area contributed by atoms with E-state index < -0.39 is 0 Å². The second kappa shape index (κ2) is 7.69. The predicted molar refractivity (Wildman–Crippen MR) is 86.2 cm³/mol. The van der Waals surface area contributed by atoms with Crippen LogP contribution in [0.25, 0.3) is 0 Å². The first-order chi connectivity index (χ1) is 10.2. The molecule has 0 aromatic heterocycles. The van der Waals surface area contributed by atoms with Crippen LogP contribution in [0.3, 0.4) is 0 Å². The molecule has 1 aliphatic carbocycles. The van der Waals surface area contributed by atoms with E-state index in [1.807, 2.05) is 6.92 Å². The number of nitrogens with one attached hydrogen (secondary N) is 1. The molecule has 1 aliphatic rings. The van der Waals surface area contributed by atoms with Crippen molar-refractivity contribution in [2.45, 2.75) is 32.6 Å². The minimum Gasteiger partial charge on any atom is -0.493 e. The second-order valence-electron chi connectivity index (χ2n) is 5.28. The number of carbonyl (C=O) groups is 1. The molecule has 0 spiro atoms. The van der Waals surface area contributed by atoms with Crippen molar-refractivity contribution in [3.8, 4) is 11.5 Å². The van der Waals surface area contributed by atoms with Crippen LogP contribution < -0.4 is 14.8 Å². The first kappa shape index (κ1) is 16.1. The van der Waals surface area contributed by atoms with Crippen molar-refractivity contribution >= 4 is 21.8 Å². The van der Waals surface area contributed by atoms with Crippen LogP contribution in [0.2, 0.25) is 0 Å². The summed E-state index contributed by atoms with van der Waals surface area (Å²) in [6.07, 6.45) is 5.00. The number of benzene rings is 1. The molecular formula is C16H22BrNO3. The van der Waals surface area contributed by atoms with Gasteiger partial charge in [-0.15, -0.1) is 0 Å². The third-order valence-corrected chi connectivity index (χ3v) is 4.40. The molecule has 0 unspecified atom stereocenters. The highest BCUT2D eigenvalue weighted by Crippen LogP contribution is 2.36. The standard InChI is InChI=1S/C16H22BrNO3/c1-3-21-15-13(17)8-12(9-14(15)20-2)16(19)18-10-11-6-4-5-7-11/h8-9,11H,3-7,10H2,1-2H3,(H,18,19). The molecule has 21 heavy (non-hydrogen) atoms. The zero-order chi connectivity index (χ0) is 15.2. The number of hydrogen-bond acceptors (Lipinski definition) is 3. The highest BCUT2D eigenvalue weighted by molar-refractivity contribution is 9.10. The lowest BCUT2D eigenvalue weighted by Gasteiger charge is -2.14. The van der Waals surface area contributed by atoms with Crippen molar-refractivity contribution in [2.24, 2.45) is 5.92 Å². The number of rotatable bonds is 6. The zero-order valence-electron chi connectivity index (χ0n) is 12.6. The Bertz CT molecular complexity index is 499. The van der Waals surface area contributed by atoms with Gasteiger partial charge in [0.15, 0.2) is 11.5 Å². The van der Waals surface area contributed by atoms with E-state index in [9.17, 15) is 4.79 Å². The van der Waals surface area contributed by atoms with Gasteiger partial charge in [-0.3, -0.25) is 4.79 Å². The van der Waals surface area contributed by atoms with E-state index in [2.05, 4.69) is 21.2 Å². The van der Waals surface area contributed by atoms with Gasteiger partial charge >= 0.3 is 0 Å². The fraction of sp³-hybridized carbons (Fsp3) is 0.562. The molecule has 0 atom stereocenters. The molecule has 0 heterocycles. The third kappa shape index (κ3) is 4.13. The average molecular weight is 356 g/mol.